The molecule has 7 nitrogen and oxygen atoms in total. The van der Waals surface area contributed by atoms with Gasteiger partial charge in [-0.1, -0.05) is 15.9 Å². The van der Waals surface area contributed by atoms with Crippen molar-refractivity contribution >= 4 is 27.5 Å². The van der Waals surface area contributed by atoms with Crippen LogP contribution in [0.15, 0.2) is 32.3 Å². The quantitative estimate of drug-likeness (QED) is 0.758. The van der Waals surface area contributed by atoms with Gasteiger partial charge in [-0.3, -0.25) is 14.6 Å². The van der Waals surface area contributed by atoms with Gasteiger partial charge < -0.3 is 5.32 Å². The van der Waals surface area contributed by atoms with Gasteiger partial charge in [0.1, 0.15) is 0 Å². The summed E-state index contributed by atoms with van der Waals surface area (Å²) >= 11 is 3.31. The van der Waals surface area contributed by atoms with Crippen LogP contribution in [0, 0.1) is 6.92 Å². The Morgan fingerprint density at radius 1 is 1.37 bits per heavy atom. The fraction of sp³-hybridized carbons (Fsp3) is 0.0909. The van der Waals surface area contributed by atoms with Gasteiger partial charge in [-0.15, -0.1) is 0 Å². The number of carbonyl (C=O) groups is 1. The predicted molar refractivity (Wildman–Crippen MR) is 72.3 cm³/mol. The average molecular weight is 325 g/mol. The lowest BCUT2D eigenvalue weighted by atomic mass is 10.2. The number of hydrogen-bond donors (Lipinski definition) is 3. The number of amides is 1. The van der Waals surface area contributed by atoms with Gasteiger partial charge >= 0.3 is 5.69 Å². The van der Waals surface area contributed by atoms with Crippen molar-refractivity contribution in [3.05, 3.63) is 54.8 Å². The lowest BCUT2D eigenvalue weighted by molar-refractivity contribution is 0.101. The van der Waals surface area contributed by atoms with Crippen LogP contribution in [0.2, 0.25) is 0 Å². The third-order valence-corrected chi connectivity index (χ3v) is 2.86. The molecule has 0 aliphatic heterocycles. The van der Waals surface area contributed by atoms with Crippen LogP contribution < -0.4 is 16.6 Å². The molecule has 0 aliphatic rings. The first-order chi connectivity index (χ1) is 8.97. The first kappa shape index (κ1) is 13.2. The number of aromatic amines is 2. The van der Waals surface area contributed by atoms with Crippen LogP contribution in [-0.4, -0.2) is 21.1 Å². The molecule has 2 aromatic rings. The fourth-order valence-electron chi connectivity index (χ4n) is 1.45. The highest BCUT2D eigenvalue weighted by Gasteiger charge is 2.14. The maximum absolute atomic E-state index is 11.9. The number of aromatic nitrogens is 3. The predicted octanol–water partition coefficient (Wildman–Crippen LogP) is 0.781. The minimum atomic E-state index is -0.837. The monoisotopic (exact) mass is 324 g/mol. The smallest absolute Gasteiger partial charge is 0.320 e. The fourth-order valence-corrected chi connectivity index (χ4v) is 1.93. The molecule has 1 amide bonds. The maximum Gasteiger partial charge on any atom is 0.342 e. The van der Waals surface area contributed by atoms with E-state index in [4.69, 9.17) is 0 Å². The third-order valence-electron chi connectivity index (χ3n) is 2.36. The number of anilines is 1. The van der Waals surface area contributed by atoms with Gasteiger partial charge in [-0.05, 0) is 30.7 Å². The van der Waals surface area contributed by atoms with Gasteiger partial charge in [0.25, 0.3) is 11.5 Å². The van der Waals surface area contributed by atoms with Gasteiger partial charge in [-0.2, -0.15) is 5.10 Å². The van der Waals surface area contributed by atoms with Gasteiger partial charge in [0, 0.05) is 10.2 Å². The Kier molecular flexibility index (Phi) is 3.61. The molecule has 0 aliphatic carbocycles. The minimum absolute atomic E-state index is 0.401. The van der Waals surface area contributed by atoms with E-state index in [0.29, 0.717) is 5.69 Å². The number of H-pyrrole nitrogens is 2. The first-order valence-corrected chi connectivity index (χ1v) is 6.03. The second-order valence-corrected chi connectivity index (χ2v) is 4.68. The zero-order valence-corrected chi connectivity index (χ0v) is 11.4. The maximum atomic E-state index is 11.9. The summed E-state index contributed by atoms with van der Waals surface area (Å²) in [4.78, 5) is 36.0. The lowest BCUT2D eigenvalue weighted by Crippen LogP contribution is -2.32. The zero-order chi connectivity index (χ0) is 14.0. The Labute approximate surface area is 115 Å². The molecule has 0 unspecified atom stereocenters. The van der Waals surface area contributed by atoms with E-state index in [2.05, 4.69) is 26.3 Å². The van der Waals surface area contributed by atoms with Crippen LogP contribution in [0.25, 0.3) is 0 Å². The van der Waals surface area contributed by atoms with Gasteiger partial charge in [0.15, 0.2) is 0 Å². The molecule has 0 radical (unpaired) electrons. The van der Waals surface area contributed by atoms with Crippen LogP contribution in [0.1, 0.15) is 16.1 Å². The van der Waals surface area contributed by atoms with Crippen molar-refractivity contribution in [3.8, 4) is 0 Å². The van der Waals surface area contributed by atoms with E-state index in [1.807, 2.05) is 23.1 Å². The summed E-state index contributed by atoms with van der Waals surface area (Å²) in [6.07, 6.45) is 0. The highest BCUT2D eigenvalue weighted by atomic mass is 79.9. The summed E-state index contributed by atoms with van der Waals surface area (Å²) in [7, 11) is 0. The number of carbonyl (C=O) groups excluding carboxylic acids is 1. The molecule has 98 valence electrons. The zero-order valence-electron chi connectivity index (χ0n) is 9.78. The van der Waals surface area contributed by atoms with Crippen LogP contribution in [0.3, 0.4) is 0 Å². The normalized spacial score (nSPS) is 10.2. The lowest BCUT2D eigenvalue weighted by Gasteiger charge is -2.07. The Hall–Kier alpha value is -2.22. The van der Waals surface area contributed by atoms with Crippen molar-refractivity contribution in [1.29, 1.82) is 0 Å². The molecule has 19 heavy (non-hydrogen) atoms. The summed E-state index contributed by atoms with van der Waals surface area (Å²) in [6, 6.07) is 5.27. The highest BCUT2D eigenvalue weighted by Crippen LogP contribution is 2.20. The molecule has 1 heterocycles. The van der Waals surface area contributed by atoms with Gasteiger partial charge in [0.2, 0.25) is 5.69 Å². The molecule has 0 saturated carbocycles. The number of aryl methyl sites for hydroxylation is 1. The molecule has 2 rings (SSSR count). The van der Waals surface area contributed by atoms with E-state index in [9.17, 15) is 14.4 Å². The van der Waals surface area contributed by atoms with Crippen molar-refractivity contribution in [1.82, 2.24) is 15.2 Å². The van der Waals surface area contributed by atoms with E-state index in [1.165, 1.54) is 0 Å². The number of benzene rings is 1. The minimum Gasteiger partial charge on any atom is -0.320 e. The summed E-state index contributed by atoms with van der Waals surface area (Å²) < 4.78 is 0.878. The second-order valence-electron chi connectivity index (χ2n) is 3.77. The summed E-state index contributed by atoms with van der Waals surface area (Å²) in [5.41, 5.74) is -0.622. The second kappa shape index (κ2) is 5.19. The molecule has 1 aromatic carbocycles. The van der Waals surface area contributed by atoms with Gasteiger partial charge in [-0.25, -0.2) is 9.89 Å². The molecule has 0 bridgehead atoms. The largest absolute Gasteiger partial charge is 0.342 e. The molecule has 8 heteroatoms. The van der Waals surface area contributed by atoms with E-state index < -0.39 is 22.9 Å². The number of nitrogens with zero attached hydrogens (tertiary/aromatic N) is 1. The number of hydrogen-bond acceptors (Lipinski definition) is 4. The summed E-state index contributed by atoms with van der Waals surface area (Å²) in [6.45, 7) is 1.81. The molecular weight excluding hydrogens is 316 g/mol. The number of rotatable bonds is 2. The van der Waals surface area contributed by atoms with Crippen LogP contribution in [0.4, 0.5) is 5.69 Å². The molecule has 0 atom stereocenters. The SMILES string of the molecule is Cc1cc(Br)ccc1NC(=O)c1n[nH]c(=O)[nH]c1=O. The van der Waals surface area contributed by atoms with Gasteiger partial charge in [0.05, 0.1) is 0 Å². The van der Waals surface area contributed by atoms with Crippen molar-refractivity contribution < 1.29 is 4.79 Å². The topological polar surface area (TPSA) is 108 Å². The average Bonchev–Trinajstić information content (AvgIpc) is 2.32. The molecule has 3 N–H and O–H groups in total. The third kappa shape index (κ3) is 2.97. The summed E-state index contributed by atoms with van der Waals surface area (Å²) in [5.74, 6) is -0.692. The Bertz CT molecular complexity index is 750. The van der Waals surface area contributed by atoms with Crippen molar-refractivity contribution in [2.75, 3.05) is 5.32 Å². The van der Waals surface area contributed by atoms with E-state index in [0.717, 1.165) is 10.0 Å². The standard InChI is InChI=1S/C11H9BrN4O3/c1-5-4-6(12)2-3-7(5)13-9(17)8-10(18)14-11(19)16-15-8/h2-4H,1H3,(H,13,17)(H2,14,16,18,19). The van der Waals surface area contributed by atoms with Crippen LogP contribution in [0.5, 0.6) is 0 Å². The molecular formula is C11H9BrN4O3. The van der Waals surface area contributed by atoms with Crippen LogP contribution in [-0.2, 0) is 0 Å². The molecule has 0 fully saturated rings. The van der Waals surface area contributed by atoms with Crippen molar-refractivity contribution in [3.63, 3.8) is 0 Å². The highest BCUT2D eigenvalue weighted by molar-refractivity contribution is 9.10. The Morgan fingerprint density at radius 3 is 2.74 bits per heavy atom. The van der Waals surface area contributed by atoms with Crippen LogP contribution >= 0.6 is 15.9 Å². The Balaban J connectivity index is 2.31. The molecule has 0 spiro atoms. The molecule has 1 aromatic heterocycles. The number of halogens is 1. The van der Waals surface area contributed by atoms with E-state index in [-0.39, 0.29) is 0 Å². The Morgan fingerprint density at radius 2 is 2.11 bits per heavy atom. The van der Waals surface area contributed by atoms with E-state index >= 15 is 0 Å². The van der Waals surface area contributed by atoms with Crippen molar-refractivity contribution in [2.45, 2.75) is 6.92 Å². The first-order valence-electron chi connectivity index (χ1n) is 5.24. The summed E-state index contributed by atoms with van der Waals surface area (Å²) in [5, 5.41) is 7.97. The van der Waals surface area contributed by atoms with Crippen molar-refractivity contribution in [2.24, 2.45) is 0 Å². The molecule has 0 saturated heterocycles. The number of nitrogens with one attached hydrogen (secondary N) is 3. The van der Waals surface area contributed by atoms with E-state index in [1.54, 1.807) is 12.1 Å².